The Kier molecular flexibility index (Phi) is 6.62. The van der Waals surface area contributed by atoms with Gasteiger partial charge in [0.25, 0.3) is 0 Å². The Labute approximate surface area is 195 Å². The molecule has 1 amide bonds. The van der Waals surface area contributed by atoms with Crippen molar-refractivity contribution in [2.45, 2.75) is 32.2 Å². The molecule has 3 aromatic rings. The second-order valence-electron chi connectivity index (χ2n) is 8.40. The molecule has 0 aliphatic heterocycles. The van der Waals surface area contributed by atoms with Crippen molar-refractivity contribution in [3.8, 4) is 5.75 Å². The van der Waals surface area contributed by atoms with Gasteiger partial charge in [0, 0.05) is 11.5 Å². The minimum atomic E-state index is -0.806. The average molecular weight is 463 g/mol. The first kappa shape index (κ1) is 23.0. The van der Waals surface area contributed by atoms with Crippen LogP contribution in [0.15, 0.2) is 52.9 Å². The fourth-order valence-corrected chi connectivity index (χ4v) is 4.12. The summed E-state index contributed by atoms with van der Waals surface area (Å²) in [6.45, 7) is 0.124. The van der Waals surface area contributed by atoms with Gasteiger partial charge >= 0.3 is 11.9 Å². The first-order valence-electron chi connectivity index (χ1n) is 11.0. The molecule has 1 saturated carbocycles. The minimum absolute atomic E-state index is 0.0123. The Morgan fingerprint density at radius 1 is 1.00 bits per heavy atom. The van der Waals surface area contributed by atoms with Crippen molar-refractivity contribution < 1.29 is 28.6 Å². The maximum atomic E-state index is 12.5. The summed E-state index contributed by atoms with van der Waals surface area (Å²) in [5.74, 6) is -1.45. The number of nitrogen functional groups attached to an aromatic ring is 1. The molecule has 0 unspecified atom stereocenters. The second kappa shape index (κ2) is 9.78. The molecule has 176 valence electrons. The van der Waals surface area contributed by atoms with Crippen molar-refractivity contribution in [2.24, 2.45) is 17.6 Å². The lowest BCUT2D eigenvalue weighted by Gasteiger charge is -2.25. The summed E-state index contributed by atoms with van der Waals surface area (Å²) in [4.78, 5) is 35.9. The molecule has 9 nitrogen and oxygen atoms in total. The van der Waals surface area contributed by atoms with Gasteiger partial charge in [0.1, 0.15) is 17.3 Å². The third-order valence-electron chi connectivity index (χ3n) is 6.08. The molecule has 1 heterocycles. The van der Waals surface area contributed by atoms with E-state index in [0.717, 1.165) is 10.8 Å². The summed E-state index contributed by atoms with van der Waals surface area (Å²) in [5.41, 5.74) is 6.13. The molecule has 1 aromatic heterocycles. The number of nitrogens with one attached hydrogen (secondary N) is 2. The lowest BCUT2D eigenvalue weighted by molar-refractivity contribution is -0.144. The first-order chi connectivity index (χ1) is 16.3. The summed E-state index contributed by atoms with van der Waals surface area (Å²) in [6, 6.07) is 13.5. The van der Waals surface area contributed by atoms with Crippen LogP contribution in [-0.4, -0.2) is 28.8 Å². The molecule has 9 heteroatoms. The van der Waals surface area contributed by atoms with Crippen LogP contribution in [0.4, 0.5) is 0 Å². The molecule has 1 aliphatic rings. The maximum absolute atomic E-state index is 12.5. The van der Waals surface area contributed by atoms with Gasteiger partial charge in [0.2, 0.25) is 11.7 Å². The number of aliphatic carboxylic acids is 1. The highest BCUT2D eigenvalue weighted by molar-refractivity contribution is 5.99. The molecule has 5 N–H and O–H groups in total. The van der Waals surface area contributed by atoms with E-state index in [2.05, 4.69) is 5.32 Å². The molecule has 0 bridgehead atoms. The number of benzene rings is 2. The second-order valence-corrected chi connectivity index (χ2v) is 8.40. The van der Waals surface area contributed by atoms with E-state index >= 15 is 0 Å². The van der Waals surface area contributed by atoms with Crippen LogP contribution in [0.25, 0.3) is 10.8 Å². The van der Waals surface area contributed by atoms with E-state index in [1.165, 1.54) is 6.07 Å². The molecule has 0 atom stereocenters. The van der Waals surface area contributed by atoms with Gasteiger partial charge in [-0.2, -0.15) is 0 Å². The van der Waals surface area contributed by atoms with Gasteiger partial charge in [-0.25, -0.2) is 4.79 Å². The van der Waals surface area contributed by atoms with E-state index in [0.29, 0.717) is 42.8 Å². The number of ether oxygens (including phenoxy) is 1. The molecular weight excluding hydrogens is 438 g/mol. The fourth-order valence-electron chi connectivity index (χ4n) is 4.12. The number of rotatable bonds is 7. The standard InChI is InChI=1S/C25H25N3O6/c26-22(27)18-6-5-17-12-19(8-7-16(17)11-18)34-25(32)21-10-9-20(33-21)13-28-23(29)14-1-3-15(4-2-14)24(30)31/h5-12,14-15H,1-4,13H2,(H3,26,27)(H,28,29)(H,30,31). The van der Waals surface area contributed by atoms with Crippen LogP contribution in [0.5, 0.6) is 5.75 Å². The first-order valence-corrected chi connectivity index (χ1v) is 11.0. The predicted molar refractivity (Wildman–Crippen MR) is 124 cm³/mol. The molecule has 1 fully saturated rings. The molecule has 0 saturated heterocycles. The summed E-state index contributed by atoms with van der Waals surface area (Å²) < 4.78 is 10.9. The number of furan rings is 1. The van der Waals surface area contributed by atoms with Crippen LogP contribution in [-0.2, 0) is 16.1 Å². The zero-order chi connectivity index (χ0) is 24.2. The third-order valence-corrected chi connectivity index (χ3v) is 6.08. The van der Waals surface area contributed by atoms with Gasteiger partial charge in [-0.15, -0.1) is 0 Å². The molecular formula is C25H25N3O6. The number of carboxylic acids is 1. The predicted octanol–water partition coefficient (Wildman–Crippen LogP) is 3.44. The van der Waals surface area contributed by atoms with Crippen LogP contribution >= 0.6 is 0 Å². The highest BCUT2D eigenvalue weighted by Gasteiger charge is 2.29. The quantitative estimate of drug-likeness (QED) is 0.181. The highest BCUT2D eigenvalue weighted by atomic mass is 16.5. The summed E-state index contributed by atoms with van der Waals surface area (Å²) in [5, 5.41) is 21.1. The molecule has 1 aliphatic carbocycles. The number of carbonyl (C=O) groups is 3. The number of hydrogen-bond donors (Lipinski definition) is 4. The van der Waals surface area contributed by atoms with Crippen LogP contribution in [0.2, 0.25) is 0 Å². The van der Waals surface area contributed by atoms with Gasteiger partial charge in [0.05, 0.1) is 12.5 Å². The lowest BCUT2D eigenvalue weighted by atomic mass is 9.81. The van der Waals surface area contributed by atoms with Gasteiger partial charge in [-0.1, -0.05) is 18.2 Å². The van der Waals surface area contributed by atoms with E-state index in [1.807, 2.05) is 0 Å². The van der Waals surface area contributed by atoms with Crippen molar-refractivity contribution in [3.63, 3.8) is 0 Å². The van der Waals surface area contributed by atoms with Gasteiger partial charge in [-0.3, -0.25) is 15.0 Å². The monoisotopic (exact) mass is 463 g/mol. The lowest BCUT2D eigenvalue weighted by Crippen LogP contribution is -2.34. The number of hydrogen-bond acceptors (Lipinski definition) is 6. The number of esters is 1. The number of amides is 1. The van der Waals surface area contributed by atoms with Crippen molar-refractivity contribution in [3.05, 3.63) is 65.6 Å². The molecule has 2 aromatic carbocycles. The average Bonchev–Trinajstić information content (AvgIpc) is 3.31. The van der Waals surface area contributed by atoms with Gasteiger partial charge in [0.15, 0.2) is 0 Å². The zero-order valence-electron chi connectivity index (χ0n) is 18.4. The Morgan fingerprint density at radius 3 is 2.38 bits per heavy atom. The summed E-state index contributed by atoms with van der Waals surface area (Å²) in [7, 11) is 0. The highest BCUT2D eigenvalue weighted by Crippen LogP contribution is 2.29. The molecule has 0 radical (unpaired) electrons. The minimum Gasteiger partial charge on any atom is -0.481 e. The molecule has 4 rings (SSSR count). The van der Waals surface area contributed by atoms with Crippen molar-refractivity contribution >= 4 is 34.5 Å². The Hall–Kier alpha value is -4.14. The largest absolute Gasteiger partial charge is 0.481 e. The van der Waals surface area contributed by atoms with Gasteiger partial charge in [-0.05, 0) is 66.8 Å². The zero-order valence-corrected chi connectivity index (χ0v) is 18.4. The van der Waals surface area contributed by atoms with E-state index in [1.54, 1.807) is 42.5 Å². The topological polar surface area (TPSA) is 156 Å². The number of nitrogens with two attached hydrogens (primary N) is 1. The third kappa shape index (κ3) is 5.25. The summed E-state index contributed by atoms with van der Waals surface area (Å²) >= 11 is 0. The van der Waals surface area contributed by atoms with E-state index in [4.69, 9.17) is 25.4 Å². The SMILES string of the molecule is N=C(N)c1ccc2cc(OC(=O)c3ccc(CNC(=O)C4CCC(C(=O)O)CC4)o3)ccc2c1. The van der Waals surface area contributed by atoms with Crippen LogP contribution in [0.1, 0.15) is 47.6 Å². The number of amidine groups is 1. The van der Waals surface area contributed by atoms with Crippen molar-refractivity contribution in [1.29, 1.82) is 5.41 Å². The van der Waals surface area contributed by atoms with Crippen LogP contribution in [0, 0.1) is 17.2 Å². The van der Waals surface area contributed by atoms with Crippen LogP contribution in [0.3, 0.4) is 0 Å². The van der Waals surface area contributed by atoms with E-state index < -0.39 is 11.9 Å². The fraction of sp³-hybridized carbons (Fsp3) is 0.280. The van der Waals surface area contributed by atoms with Gasteiger partial charge < -0.3 is 25.3 Å². The van der Waals surface area contributed by atoms with Crippen molar-refractivity contribution in [2.75, 3.05) is 0 Å². The summed E-state index contributed by atoms with van der Waals surface area (Å²) in [6.07, 6.45) is 2.08. The van der Waals surface area contributed by atoms with E-state index in [9.17, 15) is 14.4 Å². The Morgan fingerprint density at radius 2 is 1.68 bits per heavy atom. The normalized spacial score (nSPS) is 17.8. The number of carboxylic acid groups (broad SMARTS) is 1. The van der Waals surface area contributed by atoms with E-state index in [-0.39, 0.29) is 35.9 Å². The number of fused-ring (bicyclic) bond motifs is 1. The molecule has 0 spiro atoms. The molecule has 34 heavy (non-hydrogen) atoms. The maximum Gasteiger partial charge on any atom is 0.379 e. The Balaban J connectivity index is 1.31. The number of carbonyl (C=O) groups excluding carboxylic acids is 2. The van der Waals surface area contributed by atoms with Crippen molar-refractivity contribution in [1.82, 2.24) is 5.32 Å². The smallest absolute Gasteiger partial charge is 0.379 e. The van der Waals surface area contributed by atoms with Crippen LogP contribution < -0.4 is 15.8 Å². The Bertz CT molecular complexity index is 1260.